The number of ether oxygens (including phenoxy) is 1. The first kappa shape index (κ1) is 9.97. The molecule has 1 heterocycles. The Morgan fingerprint density at radius 1 is 1.57 bits per heavy atom. The van der Waals surface area contributed by atoms with E-state index in [2.05, 4.69) is 19.2 Å². The van der Waals surface area contributed by atoms with Crippen molar-refractivity contribution in [3.63, 3.8) is 0 Å². The first-order valence-electron chi connectivity index (χ1n) is 5.45. The summed E-state index contributed by atoms with van der Waals surface area (Å²) in [6.45, 7) is 7.79. The molecule has 1 aliphatic carbocycles. The lowest BCUT2D eigenvalue weighted by atomic mass is 9.46. The zero-order valence-corrected chi connectivity index (χ0v) is 9.22. The first-order valence-corrected chi connectivity index (χ1v) is 5.45. The fourth-order valence-corrected chi connectivity index (χ4v) is 2.84. The van der Waals surface area contributed by atoms with Gasteiger partial charge in [0.25, 0.3) is 0 Å². The maximum atomic E-state index is 11.6. The van der Waals surface area contributed by atoms with E-state index in [4.69, 9.17) is 4.74 Å². The lowest BCUT2D eigenvalue weighted by Gasteiger charge is -2.65. The molecule has 3 heteroatoms. The number of hydrogen-bond donors (Lipinski definition) is 1. The van der Waals surface area contributed by atoms with E-state index in [-0.39, 0.29) is 22.8 Å². The van der Waals surface area contributed by atoms with Crippen molar-refractivity contribution in [2.45, 2.75) is 39.2 Å². The normalized spacial score (nSPS) is 38.6. The first-order chi connectivity index (χ1) is 6.53. The smallest absolute Gasteiger partial charge is 0.309 e. The molecule has 2 fully saturated rings. The van der Waals surface area contributed by atoms with Crippen molar-refractivity contribution >= 4 is 5.97 Å². The molecule has 2 aliphatic rings. The molecule has 0 aromatic rings. The molecular weight excluding hydrogens is 178 g/mol. The van der Waals surface area contributed by atoms with Crippen LogP contribution in [0.3, 0.4) is 0 Å². The van der Waals surface area contributed by atoms with E-state index in [0.717, 1.165) is 13.0 Å². The summed E-state index contributed by atoms with van der Waals surface area (Å²) < 4.78 is 5.08. The van der Waals surface area contributed by atoms with Gasteiger partial charge < -0.3 is 10.1 Å². The number of nitrogens with one attached hydrogen (secondary N) is 1. The van der Waals surface area contributed by atoms with Crippen LogP contribution in [0.5, 0.6) is 0 Å². The highest BCUT2D eigenvalue weighted by molar-refractivity contribution is 5.75. The lowest BCUT2D eigenvalue weighted by Crippen LogP contribution is -2.76. The van der Waals surface area contributed by atoms with Crippen LogP contribution in [0.4, 0.5) is 0 Å². The van der Waals surface area contributed by atoms with Gasteiger partial charge in [-0.1, -0.05) is 13.8 Å². The van der Waals surface area contributed by atoms with Crippen molar-refractivity contribution < 1.29 is 9.53 Å². The Morgan fingerprint density at radius 2 is 2.21 bits per heavy atom. The molecule has 2 unspecified atom stereocenters. The van der Waals surface area contributed by atoms with Crippen LogP contribution in [0, 0.1) is 11.3 Å². The van der Waals surface area contributed by atoms with Crippen molar-refractivity contribution in [2.24, 2.45) is 11.3 Å². The minimum atomic E-state index is -0.0168. The predicted octanol–water partition coefficient (Wildman–Crippen LogP) is 1.33. The average molecular weight is 197 g/mol. The molecule has 2 atom stereocenters. The standard InChI is InChI=1S/C11H19NO2/c1-4-14-9(13)8-7-11(5-6-12-11)10(8,2)3/h8,12H,4-7H2,1-3H3. The van der Waals surface area contributed by atoms with Gasteiger partial charge in [-0.25, -0.2) is 0 Å². The lowest BCUT2D eigenvalue weighted by molar-refractivity contribution is -0.179. The van der Waals surface area contributed by atoms with Gasteiger partial charge >= 0.3 is 5.97 Å². The van der Waals surface area contributed by atoms with Gasteiger partial charge in [-0.3, -0.25) is 4.79 Å². The molecule has 3 nitrogen and oxygen atoms in total. The summed E-state index contributed by atoms with van der Waals surface area (Å²) in [5.41, 5.74) is 0.307. The van der Waals surface area contributed by atoms with E-state index < -0.39 is 0 Å². The Kier molecular flexibility index (Phi) is 2.11. The van der Waals surface area contributed by atoms with E-state index in [1.165, 1.54) is 6.42 Å². The highest BCUT2D eigenvalue weighted by Crippen LogP contribution is 2.58. The molecule has 0 amide bonds. The van der Waals surface area contributed by atoms with Crippen LogP contribution in [-0.2, 0) is 9.53 Å². The van der Waals surface area contributed by atoms with E-state index in [1.807, 2.05) is 6.92 Å². The number of carbonyl (C=O) groups is 1. The van der Waals surface area contributed by atoms with Crippen molar-refractivity contribution in [3.8, 4) is 0 Å². The summed E-state index contributed by atoms with van der Waals surface area (Å²) >= 11 is 0. The van der Waals surface area contributed by atoms with Gasteiger partial charge in [-0.15, -0.1) is 0 Å². The molecule has 80 valence electrons. The quantitative estimate of drug-likeness (QED) is 0.679. The van der Waals surface area contributed by atoms with Gasteiger partial charge in [-0.05, 0) is 31.7 Å². The van der Waals surface area contributed by atoms with E-state index in [1.54, 1.807) is 0 Å². The van der Waals surface area contributed by atoms with Crippen molar-refractivity contribution in [3.05, 3.63) is 0 Å². The maximum Gasteiger partial charge on any atom is 0.309 e. The second-order valence-corrected chi connectivity index (χ2v) is 4.99. The minimum Gasteiger partial charge on any atom is -0.466 e. The second kappa shape index (κ2) is 2.96. The Hall–Kier alpha value is -0.570. The van der Waals surface area contributed by atoms with Crippen molar-refractivity contribution in [1.29, 1.82) is 0 Å². The third kappa shape index (κ3) is 1.05. The van der Waals surface area contributed by atoms with Crippen LogP contribution >= 0.6 is 0 Å². The van der Waals surface area contributed by atoms with Gasteiger partial charge in [0.15, 0.2) is 0 Å². The van der Waals surface area contributed by atoms with Gasteiger partial charge in [0.2, 0.25) is 0 Å². The monoisotopic (exact) mass is 197 g/mol. The zero-order valence-electron chi connectivity index (χ0n) is 9.22. The fourth-order valence-electron chi connectivity index (χ4n) is 2.84. The van der Waals surface area contributed by atoms with Gasteiger partial charge in [0.1, 0.15) is 0 Å². The third-order valence-corrected chi connectivity index (χ3v) is 4.24. The summed E-state index contributed by atoms with van der Waals surface area (Å²) in [6, 6.07) is 0. The zero-order chi connectivity index (χ0) is 10.4. The highest BCUT2D eigenvalue weighted by atomic mass is 16.5. The Bertz CT molecular complexity index is 256. The molecular formula is C11H19NO2. The van der Waals surface area contributed by atoms with Crippen LogP contribution in [0.15, 0.2) is 0 Å². The average Bonchev–Trinajstić information content (AvgIpc) is 2.00. The largest absolute Gasteiger partial charge is 0.466 e. The Labute approximate surface area is 85.2 Å². The maximum absolute atomic E-state index is 11.6. The molecule has 0 bridgehead atoms. The molecule has 2 rings (SSSR count). The third-order valence-electron chi connectivity index (χ3n) is 4.24. The Morgan fingerprint density at radius 3 is 2.57 bits per heavy atom. The molecule has 1 saturated carbocycles. The molecule has 0 aromatic heterocycles. The van der Waals surface area contributed by atoms with E-state index >= 15 is 0 Å². The highest BCUT2D eigenvalue weighted by Gasteiger charge is 2.65. The van der Waals surface area contributed by atoms with E-state index in [9.17, 15) is 4.79 Å². The van der Waals surface area contributed by atoms with Crippen LogP contribution in [-0.4, -0.2) is 24.7 Å². The van der Waals surface area contributed by atoms with Gasteiger partial charge in [-0.2, -0.15) is 0 Å². The number of rotatable bonds is 2. The van der Waals surface area contributed by atoms with Crippen LogP contribution in [0.2, 0.25) is 0 Å². The second-order valence-electron chi connectivity index (χ2n) is 4.99. The van der Waals surface area contributed by atoms with Gasteiger partial charge in [0.05, 0.1) is 12.5 Å². The number of carbonyl (C=O) groups excluding carboxylic acids is 1. The van der Waals surface area contributed by atoms with Crippen molar-refractivity contribution in [1.82, 2.24) is 5.32 Å². The van der Waals surface area contributed by atoms with E-state index in [0.29, 0.717) is 6.61 Å². The summed E-state index contributed by atoms with van der Waals surface area (Å²) in [5, 5.41) is 3.47. The molecule has 0 aromatic carbocycles. The fraction of sp³-hybridized carbons (Fsp3) is 0.909. The summed E-state index contributed by atoms with van der Waals surface area (Å²) in [5.74, 6) is 0.0760. The topological polar surface area (TPSA) is 38.3 Å². The van der Waals surface area contributed by atoms with Crippen LogP contribution < -0.4 is 5.32 Å². The molecule has 1 aliphatic heterocycles. The summed E-state index contributed by atoms with van der Waals surface area (Å²) in [4.78, 5) is 11.6. The predicted molar refractivity (Wildman–Crippen MR) is 53.9 cm³/mol. The Balaban J connectivity index is 2.02. The molecule has 1 saturated heterocycles. The van der Waals surface area contributed by atoms with Crippen molar-refractivity contribution in [2.75, 3.05) is 13.2 Å². The van der Waals surface area contributed by atoms with Crippen LogP contribution in [0.25, 0.3) is 0 Å². The number of esters is 1. The molecule has 1 N–H and O–H groups in total. The van der Waals surface area contributed by atoms with Crippen LogP contribution in [0.1, 0.15) is 33.6 Å². The summed E-state index contributed by atoms with van der Waals surface area (Å²) in [6.07, 6.45) is 2.16. The molecule has 0 radical (unpaired) electrons. The molecule has 14 heavy (non-hydrogen) atoms. The molecule has 1 spiro atoms. The summed E-state index contributed by atoms with van der Waals surface area (Å²) in [7, 11) is 0. The SMILES string of the molecule is CCOC(=O)C1CC2(CCN2)C1(C)C. The minimum absolute atomic E-state index is 0.0168. The number of hydrogen-bond acceptors (Lipinski definition) is 3. The van der Waals surface area contributed by atoms with Gasteiger partial charge in [0, 0.05) is 5.54 Å².